The lowest BCUT2D eigenvalue weighted by Crippen LogP contribution is -2.35. The Hall–Kier alpha value is -2.37. The van der Waals surface area contributed by atoms with Crippen molar-refractivity contribution >= 4 is 17.8 Å². The van der Waals surface area contributed by atoms with E-state index in [-0.39, 0.29) is 37.4 Å². The molecule has 1 saturated carbocycles. The molecule has 0 spiro atoms. The van der Waals surface area contributed by atoms with E-state index in [0.717, 1.165) is 18.4 Å². The largest absolute Gasteiger partial charge is 0.454 e. The molecular weight excluding hydrogens is 272 g/mol. The van der Waals surface area contributed by atoms with Crippen molar-refractivity contribution in [1.82, 2.24) is 10.6 Å². The van der Waals surface area contributed by atoms with Gasteiger partial charge in [0.15, 0.2) is 6.61 Å². The molecule has 2 N–H and O–H groups in total. The Balaban J connectivity index is 1.59. The molecule has 0 aromatic heterocycles. The SMILES string of the molecule is O=C(Cc1ccccc1)NCC(=O)OCC(=O)NC1CC1. The normalized spacial score (nSPS) is 13.3. The average Bonchev–Trinajstić information content (AvgIpc) is 3.28. The van der Waals surface area contributed by atoms with Gasteiger partial charge in [-0.05, 0) is 18.4 Å². The maximum absolute atomic E-state index is 11.6. The van der Waals surface area contributed by atoms with Gasteiger partial charge in [-0.2, -0.15) is 0 Å². The fourth-order valence-electron chi connectivity index (χ4n) is 1.71. The summed E-state index contributed by atoms with van der Waals surface area (Å²) < 4.78 is 4.77. The van der Waals surface area contributed by atoms with Crippen molar-refractivity contribution in [1.29, 1.82) is 0 Å². The summed E-state index contributed by atoms with van der Waals surface area (Å²) in [6.45, 7) is -0.535. The monoisotopic (exact) mass is 290 g/mol. The highest BCUT2D eigenvalue weighted by atomic mass is 16.5. The molecule has 6 heteroatoms. The summed E-state index contributed by atoms with van der Waals surface area (Å²) in [5, 5.41) is 5.17. The van der Waals surface area contributed by atoms with Gasteiger partial charge in [0.2, 0.25) is 5.91 Å². The van der Waals surface area contributed by atoms with E-state index in [2.05, 4.69) is 10.6 Å². The van der Waals surface area contributed by atoms with E-state index >= 15 is 0 Å². The van der Waals surface area contributed by atoms with Crippen molar-refractivity contribution in [3.8, 4) is 0 Å². The third-order valence-electron chi connectivity index (χ3n) is 2.94. The molecule has 1 aliphatic rings. The summed E-state index contributed by atoms with van der Waals surface area (Å²) in [6.07, 6.45) is 2.17. The Morgan fingerprint density at radius 2 is 1.81 bits per heavy atom. The number of benzene rings is 1. The minimum Gasteiger partial charge on any atom is -0.454 e. The summed E-state index contributed by atoms with van der Waals surface area (Å²) in [5.74, 6) is -1.19. The lowest BCUT2D eigenvalue weighted by Gasteiger charge is -2.07. The quantitative estimate of drug-likeness (QED) is 0.701. The van der Waals surface area contributed by atoms with Crippen LogP contribution in [0.15, 0.2) is 30.3 Å². The van der Waals surface area contributed by atoms with Gasteiger partial charge in [0.25, 0.3) is 5.91 Å². The van der Waals surface area contributed by atoms with Gasteiger partial charge in [-0.1, -0.05) is 30.3 Å². The molecule has 0 unspecified atom stereocenters. The molecular formula is C15H18N2O4. The van der Waals surface area contributed by atoms with Crippen LogP contribution in [-0.2, 0) is 25.5 Å². The van der Waals surface area contributed by atoms with Crippen LogP contribution in [0.5, 0.6) is 0 Å². The van der Waals surface area contributed by atoms with E-state index in [1.165, 1.54) is 0 Å². The molecule has 0 bridgehead atoms. The number of hydrogen-bond donors (Lipinski definition) is 2. The van der Waals surface area contributed by atoms with Crippen LogP contribution < -0.4 is 10.6 Å². The Labute approximate surface area is 122 Å². The third-order valence-corrected chi connectivity index (χ3v) is 2.94. The lowest BCUT2D eigenvalue weighted by atomic mass is 10.1. The summed E-state index contributed by atoms with van der Waals surface area (Å²) in [7, 11) is 0. The third kappa shape index (κ3) is 6.07. The minimum atomic E-state index is -0.623. The maximum Gasteiger partial charge on any atom is 0.325 e. The number of nitrogens with one attached hydrogen (secondary N) is 2. The molecule has 1 aromatic carbocycles. The number of hydrogen-bond acceptors (Lipinski definition) is 4. The number of ether oxygens (including phenoxy) is 1. The van der Waals surface area contributed by atoms with Gasteiger partial charge in [0.05, 0.1) is 6.42 Å². The first-order chi connectivity index (χ1) is 10.1. The average molecular weight is 290 g/mol. The molecule has 1 aliphatic carbocycles. The van der Waals surface area contributed by atoms with E-state index in [0.29, 0.717) is 0 Å². The highest BCUT2D eigenvalue weighted by molar-refractivity contribution is 5.85. The highest BCUT2D eigenvalue weighted by Gasteiger charge is 2.23. The molecule has 2 amide bonds. The number of esters is 1. The maximum atomic E-state index is 11.6. The fraction of sp³-hybridized carbons (Fsp3) is 0.400. The summed E-state index contributed by atoms with van der Waals surface area (Å²) in [6, 6.07) is 9.46. The van der Waals surface area contributed by atoms with Gasteiger partial charge in [0, 0.05) is 6.04 Å². The van der Waals surface area contributed by atoms with Crippen LogP contribution in [0.2, 0.25) is 0 Å². The molecule has 0 aliphatic heterocycles. The first kappa shape index (κ1) is 15.0. The van der Waals surface area contributed by atoms with Crippen LogP contribution in [0, 0.1) is 0 Å². The second-order valence-electron chi connectivity index (χ2n) is 4.94. The number of carbonyl (C=O) groups excluding carboxylic acids is 3. The van der Waals surface area contributed by atoms with Crippen LogP contribution in [-0.4, -0.2) is 37.0 Å². The minimum absolute atomic E-state index is 0.205. The van der Waals surface area contributed by atoms with Gasteiger partial charge in [-0.15, -0.1) is 0 Å². The first-order valence-corrected chi connectivity index (χ1v) is 6.89. The van der Waals surface area contributed by atoms with Crippen LogP contribution in [0.1, 0.15) is 18.4 Å². The Kier molecular flexibility index (Phi) is 5.31. The van der Waals surface area contributed by atoms with Gasteiger partial charge >= 0.3 is 5.97 Å². The van der Waals surface area contributed by atoms with Crippen molar-refractivity contribution in [3.05, 3.63) is 35.9 Å². The molecule has 21 heavy (non-hydrogen) atoms. The molecule has 1 fully saturated rings. The first-order valence-electron chi connectivity index (χ1n) is 6.89. The highest BCUT2D eigenvalue weighted by Crippen LogP contribution is 2.18. The zero-order valence-electron chi connectivity index (χ0n) is 11.6. The van der Waals surface area contributed by atoms with Crippen LogP contribution in [0.3, 0.4) is 0 Å². The Morgan fingerprint density at radius 1 is 1.10 bits per heavy atom. The predicted octanol–water partition coefficient (Wildman–Crippen LogP) is 0.167. The van der Waals surface area contributed by atoms with Crippen molar-refractivity contribution in [2.45, 2.75) is 25.3 Å². The molecule has 0 radical (unpaired) electrons. The lowest BCUT2D eigenvalue weighted by molar-refractivity contribution is -0.148. The van der Waals surface area contributed by atoms with Crippen LogP contribution >= 0.6 is 0 Å². The van der Waals surface area contributed by atoms with Crippen molar-refractivity contribution in [3.63, 3.8) is 0 Å². The van der Waals surface area contributed by atoms with Gasteiger partial charge in [-0.25, -0.2) is 0 Å². The number of carbonyl (C=O) groups is 3. The van der Waals surface area contributed by atoms with E-state index < -0.39 is 5.97 Å². The van der Waals surface area contributed by atoms with Crippen molar-refractivity contribution in [2.75, 3.05) is 13.2 Å². The van der Waals surface area contributed by atoms with Gasteiger partial charge in [-0.3, -0.25) is 14.4 Å². The second kappa shape index (κ2) is 7.42. The predicted molar refractivity (Wildman–Crippen MR) is 75.3 cm³/mol. The summed E-state index contributed by atoms with van der Waals surface area (Å²) in [4.78, 5) is 34.3. The molecule has 0 saturated heterocycles. The zero-order chi connectivity index (χ0) is 15.1. The molecule has 6 nitrogen and oxygen atoms in total. The molecule has 2 rings (SSSR count). The van der Waals surface area contributed by atoms with E-state index in [1.54, 1.807) is 0 Å². The van der Waals surface area contributed by atoms with Crippen LogP contribution in [0.4, 0.5) is 0 Å². The number of rotatable bonds is 7. The topological polar surface area (TPSA) is 84.5 Å². The van der Waals surface area contributed by atoms with Crippen LogP contribution in [0.25, 0.3) is 0 Å². The van der Waals surface area contributed by atoms with E-state index in [1.807, 2.05) is 30.3 Å². The molecule has 0 atom stereocenters. The Morgan fingerprint density at radius 3 is 2.48 bits per heavy atom. The standard InChI is InChI=1S/C15H18N2O4/c18-13(8-11-4-2-1-3-5-11)16-9-15(20)21-10-14(19)17-12-6-7-12/h1-5,12H,6-10H2,(H,16,18)(H,17,19). The Bertz CT molecular complexity index is 512. The zero-order valence-corrected chi connectivity index (χ0v) is 11.6. The summed E-state index contributed by atoms with van der Waals surface area (Å²) >= 11 is 0. The van der Waals surface area contributed by atoms with Gasteiger partial charge < -0.3 is 15.4 Å². The van der Waals surface area contributed by atoms with Gasteiger partial charge in [0.1, 0.15) is 6.54 Å². The van der Waals surface area contributed by atoms with Crippen molar-refractivity contribution < 1.29 is 19.1 Å². The smallest absolute Gasteiger partial charge is 0.325 e. The van der Waals surface area contributed by atoms with Crippen molar-refractivity contribution in [2.24, 2.45) is 0 Å². The number of amides is 2. The van der Waals surface area contributed by atoms with E-state index in [4.69, 9.17) is 4.74 Å². The fourth-order valence-corrected chi connectivity index (χ4v) is 1.71. The second-order valence-corrected chi connectivity index (χ2v) is 4.94. The summed E-state index contributed by atoms with van der Waals surface area (Å²) in [5.41, 5.74) is 0.868. The molecule has 0 heterocycles. The molecule has 112 valence electrons. The molecule has 1 aromatic rings. The van der Waals surface area contributed by atoms with E-state index in [9.17, 15) is 14.4 Å².